The molecular formula is C24H34IN7O3Si. The molecule has 4 N–H and O–H groups in total. The van der Waals surface area contributed by atoms with Crippen LogP contribution in [0.3, 0.4) is 0 Å². The Kier molecular flexibility index (Phi) is 7.72. The number of fused-ring (bicyclic) bond motifs is 1. The van der Waals surface area contributed by atoms with Gasteiger partial charge in [-0.05, 0) is 58.4 Å². The summed E-state index contributed by atoms with van der Waals surface area (Å²) in [4.78, 5) is 26.1. The molecule has 1 aliphatic heterocycles. The highest BCUT2D eigenvalue weighted by Gasteiger charge is 2.51. The van der Waals surface area contributed by atoms with Crippen LogP contribution in [0, 0.1) is 3.57 Å². The van der Waals surface area contributed by atoms with Gasteiger partial charge >= 0.3 is 0 Å². The fourth-order valence-electron chi connectivity index (χ4n) is 3.94. The lowest BCUT2D eigenvalue weighted by Gasteiger charge is -2.40. The number of imidazole rings is 1. The van der Waals surface area contributed by atoms with Crippen molar-refractivity contribution in [3.8, 4) is 0 Å². The van der Waals surface area contributed by atoms with Crippen LogP contribution in [0.1, 0.15) is 32.6 Å². The van der Waals surface area contributed by atoms with E-state index in [4.69, 9.17) is 14.9 Å². The molecule has 0 spiro atoms. The monoisotopic (exact) mass is 623 g/mol. The summed E-state index contributed by atoms with van der Waals surface area (Å²) in [5.74, 6) is 0.331. The maximum absolute atomic E-state index is 12.6. The van der Waals surface area contributed by atoms with Crippen molar-refractivity contribution in [3.05, 3.63) is 46.1 Å². The normalized spacial score (nSPS) is 22.7. The Morgan fingerprint density at radius 3 is 2.69 bits per heavy atom. The van der Waals surface area contributed by atoms with Gasteiger partial charge in [-0.2, -0.15) is 0 Å². The largest absolute Gasteiger partial charge is 0.408 e. The first-order chi connectivity index (χ1) is 16.9. The average molecular weight is 624 g/mol. The molecule has 1 amide bonds. The number of ether oxygens (including phenoxy) is 1. The van der Waals surface area contributed by atoms with E-state index in [1.807, 2.05) is 6.07 Å². The average Bonchev–Trinajstić information content (AvgIpc) is 3.38. The van der Waals surface area contributed by atoms with E-state index in [9.17, 15) is 4.79 Å². The minimum Gasteiger partial charge on any atom is -0.408 e. The number of hydrogen-bond donors (Lipinski definition) is 3. The van der Waals surface area contributed by atoms with Crippen LogP contribution < -0.4 is 16.4 Å². The molecule has 0 unspecified atom stereocenters. The number of amides is 1. The predicted octanol–water partition coefficient (Wildman–Crippen LogP) is 3.40. The molecule has 1 saturated heterocycles. The van der Waals surface area contributed by atoms with Gasteiger partial charge in [-0.3, -0.25) is 9.36 Å². The molecule has 3 aromatic rings. The lowest BCUT2D eigenvalue weighted by molar-refractivity contribution is -0.134. The summed E-state index contributed by atoms with van der Waals surface area (Å²) in [5, 5.41) is 5.97. The van der Waals surface area contributed by atoms with Gasteiger partial charge in [0.1, 0.15) is 12.4 Å². The molecule has 1 aromatic carbocycles. The molecule has 2 aromatic heterocycles. The second-order valence-electron chi connectivity index (χ2n) is 10.5. The zero-order valence-corrected chi connectivity index (χ0v) is 24.6. The van der Waals surface area contributed by atoms with Crippen molar-refractivity contribution >= 4 is 53.8 Å². The molecule has 0 aliphatic carbocycles. The van der Waals surface area contributed by atoms with Crippen LogP contribution in [0.5, 0.6) is 0 Å². The summed E-state index contributed by atoms with van der Waals surface area (Å²) in [6.45, 7) is 11.4. The van der Waals surface area contributed by atoms with Gasteiger partial charge in [-0.25, -0.2) is 15.0 Å². The second kappa shape index (κ2) is 10.3. The van der Waals surface area contributed by atoms with Crippen LogP contribution in [0.15, 0.2) is 36.9 Å². The van der Waals surface area contributed by atoms with E-state index in [0.717, 1.165) is 9.13 Å². The number of carbonyl (C=O) groups excluding carboxylic acids is 1. The van der Waals surface area contributed by atoms with Crippen LogP contribution in [-0.2, 0) is 20.5 Å². The Balaban J connectivity index is 1.67. The number of nitrogens with one attached hydrogen (secondary N) is 2. The van der Waals surface area contributed by atoms with Crippen molar-refractivity contribution in [1.29, 1.82) is 0 Å². The Hall–Kier alpha value is -2.13. The fraction of sp³-hybridized carbons (Fsp3) is 0.500. The molecule has 3 heterocycles. The van der Waals surface area contributed by atoms with Gasteiger partial charge in [-0.1, -0.05) is 32.9 Å². The number of halogens is 1. The molecule has 1 aliphatic rings. The Labute approximate surface area is 226 Å². The number of aromatic nitrogens is 4. The standard InChI is InChI=1S/C24H34IN7O3Si/c1-24(2,3)36(5,6)35-19-16(26)18(22(33)27-4)34-23(19)32-13-31-17-20(29-12-30-21(17)32)28-11-14-8-7-9-15(25)10-14/h7-10,12-13,16,18-19,23H,11,26H2,1-6H3,(H,27,33)(H,28,29,30)/t16-,18+,19-,23-/m1/s1. The molecule has 12 heteroatoms. The second-order valence-corrected chi connectivity index (χ2v) is 16.5. The zero-order chi connectivity index (χ0) is 26.3. The van der Waals surface area contributed by atoms with Crippen LogP contribution in [-0.4, -0.2) is 59.0 Å². The Morgan fingerprint density at radius 1 is 1.28 bits per heavy atom. The molecule has 194 valence electrons. The first kappa shape index (κ1) is 26.9. The highest BCUT2D eigenvalue weighted by atomic mass is 127. The number of rotatable bonds is 7. The number of hydrogen-bond acceptors (Lipinski definition) is 8. The number of anilines is 1. The van der Waals surface area contributed by atoms with Gasteiger partial charge in [0.25, 0.3) is 5.91 Å². The van der Waals surface area contributed by atoms with Crippen LogP contribution in [0.25, 0.3) is 11.2 Å². The lowest BCUT2D eigenvalue weighted by atomic mass is 10.1. The third-order valence-corrected chi connectivity index (χ3v) is 12.2. The minimum absolute atomic E-state index is 0.0477. The maximum atomic E-state index is 12.6. The van der Waals surface area contributed by atoms with E-state index in [0.29, 0.717) is 23.5 Å². The first-order valence-corrected chi connectivity index (χ1v) is 15.9. The number of nitrogens with two attached hydrogens (primary N) is 1. The third-order valence-electron chi connectivity index (χ3n) is 7.02. The highest BCUT2D eigenvalue weighted by molar-refractivity contribution is 14.1. The van der Waals surface area contributed by atoms with Crippen molar-refractivity contribution in [2.24, 2.45) is 5.73 Å². The smallest absolute Gasteiger partial charge is 0.250 e. The van der Waals surface area contributed by atoms with E-state index < -0.39 is 32.8 Å². The molecule has 36 heavy (non-hydrogen) atoms. The number of carbonyl (C=O) groups is 1. The molecule has 0 bridgehead atoms. The summed E-state index contributed by atoms with van der Waals surface area (Å²) in [5.41, 5.74) is 8.89. The van der Waals surface area contributed by atoms with Gasteiger partial charge in [0, 0.05) is 17.2 Å². The Bertz CT molecular complexity index is 1250. The van der Waals surface area contributed by atoms with E-state index >= 15 is 0 Å². The summed E-state index contributed by atoms with van der Waals surface area (Å²) in [6.07, 6.45) is 1.07. The quantitative estimate of drug-likeness (QED) is 0.270. The van der Waals surface area contributed by atoms with Crippen molar-refractivity contribution in [2.75, 3.05) is 12.4 Å². The van der Waals surface area contributed by atoms with E-state index in [-0.39, 0.29) is 10.9 Å². The number of benzene rings is 1. The van der Waals surface area contributed by atoms with Crippen LogP contribution in [0.4, 0.5) is 5.82 Å². The van der Waals surface area contributed by atoms with E-state index in [2.05, 4.69) is 100 Å². The summed E-state index contributed by atoms with van der Waals surface area (Å²) in [7, 11) is -0.675. The van der Waals surface area contributed by atoms with Gasteiger partial charge in [0.15, 0.2) is 37.6 Å². The Morgan fingerprint density at radius 2 is 2.03 bits per heavy atom. The molecule has 4 rings (SSSR count). The van der Waals surface area contributed by atoms with Crippen molar-refractivity contribution in [3.63, 3.8) is 0 Å². The van der Waals surface area contributed by atoms with E-state index in [1.54, 1.807) is 17.9 Å². The SMILES string of the molecule is CNC(=O)[C@H]1O[C@@H](n2cnc3c(NCc4cccc(I)c4)ncnc32)[C@H](O[Si](C)(C)C(C)(C)C)[C@@H]1N. The molecular weight excluding hydrogens is 589 g/mol. The number of likely N-dealkylation sites (N-methyl/N-ethyl adjacent to an activating group) is 1. The summed E-state index contributed by atoms with van der Waals surface area (Å²) in [6, 6.07) is 7.59. The van der Waals surface area contributed by atoms with Crippen molar-refractivity contribution in [2.45, 2.75) is 69.9 Å². The first-order valence-electron chi connectivity index (χ1n) is 11.9. The maximum Gasteiger partial charge on any atom is 0.250 e. The molecule has 10 nitrogen and oxygen atoms in total. The lowest BCUT2D eigenvalue weighted by Crippen LogP contribution is -2.53. The van der Waals surface area contributed by atoms with E-state index in [1.165, 1.54) is 6.33 Å². The van der Waals surface area contributed by atoms with Crippen molar-refractivity contribution in [1.82, 2.24) is 24.8 Å². The summed E-state index contributed by atoms with van der Waals surface area (Å²) >= 11 is 2.29. The van der Waals surface area contributed by atoms with Gasteiger partial charge < -0.3 is 25.5 Å². The molecule has 0 saturated carbocycles. The number of nitrogens with zero attached hydrogens (tertiary/aromatic N) is 4. The molecule has 0 radical (unpaired) electrons. The van der Waals surface area contributed by atoms with Gasteiger partial charge in [0.2, 0.25) is 0 Å². The minimum atomic E-state index is -2.25. The highest BCUT2D eigenvalue weighted by Crippen LogP contribution is 2.42. The van der Waals surface area contributed by atoms with Crippen LogP contribution in [0.2, 0.25) is 18.1 Å². The van der Waals surface area contributed by atoms with Crippen molar-refractivity contribution < 1.29 is 14.0 Å². The zero-order valence-electron chi connectivity index (χ0n) is 21.4. The fourth-order valence-corrected chi connectivity index (χ4v) is 5.85. The third kappa shape index (κ3) is 5.27. The van der Waals surface area contributed by atoms with Gasteiger partial charge in [-0.15, -0.1) is 0 Å². The molecule has 1 fully saturated rings. The topological polar surface area (TPSA) is 129 Å². The molecule has 4 atom stereocenters. The van der Waals surface area contributed by atoms with Gasteiger partial charge in [0.05, 0.1) is 12.4 Å². The van der Waals surface area contributed by atoms with Crippen LogP contribution >= 0.6 is 22.6 Å². The summed E-state index contributed by atoms with van der Waals surface area (Å²) < 4.78 is 15.9. The predicted molar refractivity (Wildman–Crippen MR) is 150 cm³/mol.